The topological polar surface area (TPSA) is 104 Å². The smallest absolute Gasteiger partial charge is 0.339 e. The van der Waals surface area contributed by atoms with E-state index in [9.17, 15) is 9.59 Å². The average molecular weight is 488 g/mol. The van der Waals surface area contributed by atoms with Crippen LogP contribution in [0.2, 0.25) is 0 Å². The number of nitrogens with zero attached hydrogens (tertiary/aromatic N) is 3. The van der Waals surface area contributed by atoms with E-state index in [1.807, 2.05) is 42.5 Å². The van der Waals surface area contributed by atoms with Crippen LogP contribution in [0.15, 0.2) is 53.1 Å². The van der Waals surface area contributed by atoms with Gasteiger partial charge in [0.25, 0.3) is 11.6 Å². The molecule has 0 fully saturated rings. The lowest BCUT2D eigenvalue weighted by atomic mass is 9.99. The van der Waals surface area contributed by atoms with Crippen molar-refractivity contribution in [3.05, 3.63) is 70.9 Å². The lowest BCUT2D eigenvalue weighted by molar-refractivity contribution is -0.135. The Bertz CT molecular complexity index is 1450. The number of esters is 1. The fourth-order valence-electron chi connectivity index (χ4n) is 4.40. The molecule has 0 saturated heterocycles. The van der Waals surface area contributed by atoms with Crippen molar-refractivity contribution in [2.45, 2.75) is 19.9 Å². The Hall–Kier alpha value is -4.40. The van der Waals surface area contributed by atoms with Crippen molar-refractivity contribution in [3.8, 4) is 22.8 Å². The number of aromatic nitrogens is 2. The van der Waals surface area contributed by atoms with E-state index in [-0.39, 0.29) is 23.8 Å². The van der Waals surface area contributed by atoms with Crippen LogP contribution < -0.4 is 9.47 Å². The highest BCUT2D eigenvalue weighted by Gasteiger charge is 2.25. The summed E-state index contributed by atoms with van der Waals surface area (Å²) < 4.78 is 21.6. The molecule has 0 unspecified atom stereocenters. The summed E-state index contributed by atoms with van der Waals surface area (Å²) in [6, 6.07) is 14.9. The number of aryl methyl sites for hydroxylation is 1. The predicted octanol–water partition coefficient (Wildman–Crippen LogP) is 3.96. The van der Waals surface area contributed by atoms with E-state index in [0.717, 1.165) is 16.7 Å². The Morgan fingerprint density at radius 1 is 1.03 bits per heavy atom. The van der Waals surface area contributed by atoms with Crippen LogP contribution >= 0.6 is 0 Å². The van der Waals surface area contributed by atoms with Gasteiger partial charge in [-0.05, 0) is 42.7 Å². The van der Waals surface area contributed by atoms with Crippen LogP contribution in [0.3, 0.4) is 0 Å². The van der Waals surface area contributed by atoms with Crippen molar-refractivity contribution < 1.29 is 28.3 Å². The van der Waals surface area contributed by atoms with E-state index >= 15 is 0 Å². The highest BCUT2D eigenvalue weighted by atomic mass is 16.5. The van der Waals surface area contributed by atoms with Gasteiger partial charge in [-0.15, -0.1) is 0 Å². The molecule has 5 rings (SSSR count). The van der Waals surface area contributed by atoms with E-state index in [2.05, 4.69) is 10.1 Å². The Morgan fingerprint density at radius 3 is 2.47 bits per heavy atom. The number of fused-ring (bicyclic) bond motifs is 2. The fourth-order valence-corrected chi connectivity index (χ4v) is 4.40. The number of pyridine rings is 1. The van der Waals surface area contributed by atoms with Crippen molar-refractivity contribution >= 4 is 23.0 Å². The van der Waals surface area contributed by atoms with Gasteiger partial charge in [-0.25, -0.2) is 9.78 Å². The highest BCUT2D eigenvalue weighted by molar-refractivity contribution is 6.04. The molecule has 1 aliphatic rings. The first-order valence-corrected chi connectivity index (χ1v) is 11.5. The second-order valence-electron chi connectivity index (χ2n) is 8.49. The zero-order valence-electron chi connectivity index (χ0n) is 20.2. The number of hydrogen-bond acceptors (Lipinski definition) is 8. The quantitative estimate of drug-likeness (QED) is 0.377. The molecule has 2 aromatic carbocycles. The molecule has 0 radical (unpaired) electrons. The molecule has 184 valence electrons. The second kappa shape index (κ2) is 9.69. The zero-order chi connectivity index (χ0) is 25.2. The Labute approximate surface area is 207 Å². The third-order valence-electron chi connectivity index (χ3n) is 6.30. The molecule has 0 aliphatic carbocycles. The van der Waals surface area contributed by atoms with E-state index in [4.69, 9.17) is 18.7 Å². The first-order valence-electron chi connectivity index (χ1n) is 11.5. The molecule has 0 bridgehead atoms. The summed E-state index contributed by atoms with van der Waals surface area (Å²) in [5, 5.41) is 4.42. The zero-order valence-corrected chi connectivity index (χ0v) is 20.2. The second-order valence-corrected chi connectivity index (χ2v) is 8.49. The average Bonchev–Trinajstić information content (AvgIpc) is 3.30. The number of rotatable bonds is 6. The summed E-state index contributed by atoms with van der Waals surface area (Å²) in [6.07, 6.45) is 0.667. The van der Waals surface area contributed by atoms with Crippen molar-refractivity contribution in [1.82, 2.24) is 15.0 Å². The number of ether oxygens (including phenoxy) is 3. The summed E-state index contributed by atoms with van der Waals surface area (Å²) >= 11 is 0. The van der Waals surface area contributed by atoms with Crippen LogP contribution in [0, 0.1) is 6.92 Å². The van der Waals surface area contributed by atoms with Crippen LogP contribution in [0.4, 0.5) is 0 Å². The van der Waals surface area contributed by atoms with E-state index in [1.165, 1.54) is 0 Å². The maximum absolute atomic E-state index is 13.1. The molecule has 2 aromatic heterocycles. The molecule has 9 heteroatoms. The molecular formula is C27H25N3O6. The minimum atomic E-state index is -0.636. The molecule has 0 N–H and O–H groups in total. The van der Waals surface area contributed by atoms with Gasteiger partial charge in [0.05, 0.1) is 36.6 Å². The van der Waals surface area contributed by atoms with Gasteiger partial charge in [0.1, 0.15) is 0 Å². The third-order valence-corrected chi connectivity index (χ3v) is 6.30. The molecule has 3 heterocycles. The van der Waals surface area contributed by atoms with E-state index < -0.39 is 5.97 Å². The Morgan fingerprint density at radius 2 is 1.75 bits per heavy atom. The molecular weight excluding hydrogens is 462 g/mol. The van der Waals surface area contributed by atoms with Crippen molar-refractivity contribution in [1.29, 1.82) is 0 Å². The Kier molecular flexibility index (Phi) is 6.28. The highest BCUT2D eigenvalue weighted by Crippen LogP contribution is 2.33. The van der Waals surface area contributed by atoms with Gasteiger partial charge in [-0.1, -0.05) is 35.5 Å². The van der Waals surface area contributed by atoms with Crippen LogP contribution in [0.1, 0.15) is 27.2 Å². The monoisotopic (exact) mass is 487 g/mol. The number of amides is 1. The largest absolute Gasteiger partial charge is 0.493 e. The fraction of sp³-hybridized carbons (Fsp3) is 0.259. The van der Waals surface area contributed by atoms with Crippen molar-refractivity contribution in [2.24, 2.45) is 0 Å². The van der Waals surface area contributed by atoms with Gasteiger partial charge in [0.2, 0.25) is 0 Å². The molecule has 9 nitrogen and oxygen atoms in total. The summed E-state index contributed by atoms with van der Waals surface area (Å²) in [7, 11) is 3.17. The number of carbonyl (C=O) groups is 2. The summed E-state index contributed by atoms with van der Waals surface area (Å²) in [4.78, 5) is 32.2. The number of benzene rings is 2. The molecule has 1 amide bonds. The van der Waals surface area contributed by atoms with Crippen molar-refractivity contribution in [3.63, 3.8) is 0 Å². The van der Waals surface area contributed by atoms with Crippen LogP contribution in [-0.2, 0) is 22.5 Å². The van der Waals surface area contributed by atoms with Gasteiger partial charge in [0, 0.05) is 18.7 Å². The van der Waals surface area contributed by atoms with E-state index in [1.54, 1.807) is 32.1 Å². The molecule has 0 saturated carbocycles. The summed E-state index contributed by atoms with van der Waals surface area (Å²) in [5.74, 6) is 0.354. The molecule has 4 aromatic rings. The first-order chi connectivity index (χ1) is 17.5. The normalized spacial score (nSPS) is 12.8. The maximum Gasteiger partial charge on any atom is 0.339 e. The van der Waals surface area contributed by atoms with Gasteiger partial charge >= 0.3 is 5.97 Å². The number of hydrogen-bond donors (Lipinski definition) is 0. The first kappa shape index (κ1) is 23.3. The van der Waals surface area contributed by atoms with Crippen LogP contribution in [-0.4, -0.2) is 54.3 Å². The standard InChI is InChI=1S/C27H25N3O6/c1-16-25-20(13-21(28-26(25)36-29-16)17-7-5-4-6-8-17)27(32)35-15-24(31)30-10-9-18-11-22(33-2)23(34-3)12-19(18)14-30/h4-8,11-13H,9-10,14-15H2,1-3H3. The van der Waals surface area contributed by atoms with Crippen LogP contribution in [0.25, 0.3) is 22.4 Å². The van der Waals surface area contributed by atoms with Gasteiger partial charge < -0.3 is 23.6 Å². The summed E-state index contributed by atoms with van der Waals surface area (Å²) in [6.45, 7) is 2.26. The van der Waals surface area contributed by atoms with E-state index in [0.29, 0.717) is 47.8 Å². The van der Waals surface area contributed by atoms with Crippen molar-refractivity contribution in [2.75, 3.05) is 27.4 Å². The van der Waals surface area contributed by atoms with Crippen LogP contribution in [0.5, 0.6) is 11.5 Å². The van der Waals surface area contributed by atoms with Gasteiger partial charge in [-0.3, -0.25) is 4.79 Å². The maximum atomic E-state index is 13.1. The Balaban J connectivity index is 1.33. The van der Waals surface area contributed by atoms with Gasteiger partial charge in [-0.2, -0.15) is 0 Å². The molecule has 0 atom stereocenters. The predicted molar refractivity (Wildman–Crippen MR) is 131 cm³/mol. The summed E-state index contributed by atoms with van der Waals surface area (Å²) in [5.41, 5.74) is 4.46. The number of methoxy groups -OCH3 is 2. The third kappa shape index (κ3) is 4.35. The number of carbonyl (C=O) groups excluding carboxylic acids is 2. The molecule has 36 heavy (non-hydrogen) atoms. The lowest BCUT2D eigenvalue weighted by Crippen LogP contribution is -2.38. The minimum Gasteiger partial charge on any atom is -0.493 e. The molecule has 1 aliphatic heterocycles. The molecule has 0 spiro atoms. The SMILES string of the molecule is COc1cc2c(cc1OC)CN(C(=O)COC(=O)c1cc(-c3ccccc3)nc3onc(C)c13)CC2. The lowest BCUT2D eigenvalue weighted by Gasteiger charge is -2.29. The van der Waals surface area contributed by atoms with Gasteiger partial charge in [0.15, 0.2) is 18.1 Å². The minimum absolute atomic E-state index is 0.240.